The van der Waals surface area contributed by atoms with Crippen molar-refractivity contribution in [3.63, 3.8) is 0 Å². The summed E-state index contributed by atoms with van der Waals surface area (Å²) in [6.45, 7) is 5.22. The Bertz CT molecular complexity index is 713. The number of ether oxygens (including phenoxy) is 1. The highest BCUT2D eigenvalue weighted by molar-refractivity contribution is 7.99. The predicted octanol–water partition coefficient (Wildman–Crippen LogP) is 2.92. The van der Waals surface area contributed by atoms with Crippen molar-refractivity contribution in [3.05, 3.63) is 23.8 Å². The fraction of sp³-hybridized carbons (Fsp3) is 0.526. The summed E-state index contributed by atoms with van der Waals surface area (Å²) in [6, 6.07) is 5.10. The molecule has 1 N–H and O–H groups in total. The Balaban J connectivity index is 1.64. The van der Waals surface area contributed by atoms with Gasteiger partial charge >= 0.3 is 5.97 Å². The molecule has 0 aliphatic carbocycles. The molecular formula is C19H24N2O4S. The molecule has 2 aliphatic rings. The molecule has 1 atom stereocenters. The van der Waals surface area contributed by atoms with Crippen LogP contribution in [0.15, 0.2) is 23.1 Å². The molecular weight excluding hydrogens is 352 g/mol. The van der Waals surface area contributed by atoms with Crippen LogP contribution in [0.5, 0.6) is 0 Å². The largest absolute Gasteiger partial charge is 0.449 e. The molecule has 7 heteroatoms. The lowest BCUT2D eigenvalue weighted by atomic mass is 9.99. The maximum absolute atomic E-state index is 12.5. The van der Waals surface area contributed by atoms with E-state index in [1.807, 2.05) is 0 Å². The van der Waals surface area contributed by atoms with E-state index in [9.17, 15) is 14.4 Å². The summed E-state index contributed by atoms with van der Waals surface area (Å²) in [6.07, 6.45) is 1.58. The summed E-state index contributed by atoms with van der Waals surface area (Å²) < 4.78 is 5.38. The van der Waals surface area contributed by atoms with Gasteiger partial charge in [-0.05, 0) is 43.9 Å². The maximum Gasteiger partial charge on any atom is 0.338 e. The van der Waals surface area contributed by atoms with E-state index in [4.69, 9.17) is 4.74 Å². The van der Waals surface area contributed by atoms with Gasteiger partial charge in [-0.1, -0.05) is 6.92 Å². The fourth-order valence-corrected chi connectivity index (χ4v) is 4.05. The molecule has 1 fully saturated rings. The van der Waals surface area contributed by atoms with E-state index in [1.54, 1.807) is 41.8 Å². The third-order valence-corrected chi connectivity index (χ3v) is 5.88. The first-order valence-corrected chi connectivity index (χ1v) is 9.99. The zero-order chi connectivity index (χ0) is 18.7. The van der Waals surface area contributed by atoms with E-state index in [-0.39, 0.29) is 11.8 Å². The third kappa shape index (κ3) is 4.38. The average molecular weight is 376 g/mol. The van der Waals surface area contributed by atoms with Crippen molar-refractivity contribution in [3.8, 4) is 0 Å². The highest BCUT2D eigenvalue weighted by Gasteiger charge is 2.27. The van der Waals surface area contributed by atoms with Crippen molar-refractivity contribution in [2.75, 3.05) is 24.2 Å². The van der Waals surface area contributed by atoms with Crippen molar-refractivity contribution in [1.29, 1.82) is 0 Å². The lowest BCUT2D eigenvalue weighted by molar-refractivity contribution is -0.141. The molecule has 1 aromatic rings. The molecule has 0 bridgehead atoms. The van der Waals surface area contributed by atoms with Gasteiger partial charge in [-0.25, -0.2) is 4.79 Å². The van der Waals surface area contributed by atoms with Gasteiger partial charge in [0.05, 0.1) is 11.3 Å². The van der Waals surface area contributed by atoms with Gasteiger partial charge in [0, 0.05) is 30.2 Å². The van der Waals surface area contributed by atoms with Crippen LogP contribution >= 0.6 is 11.8 Å². The molecule has 6 nitrogen and oxygen atoms in total. The van der Waals surface area contributed by atoms with Gasteiger partial charge in [0.25, 0.3) is 5.91 Å². The minimum Gasteiger partial charge on any atom is -0.449 e. The van der Waals surface area contributed by atoms with Crippen LogP contribution in [0, 0.1) is 5.92 Å². The summed E-state index contributed by atoms with van der Waals surface area (Å²) in [7, 11) is 0. The van der Waals surface area contributed by atoms with E-state index < -0.39 is 12.1 Å². The monoisotopic (exact) mass is 376 g/mol. The Morgan fingerprint density at radius 1 is 1.31 bits per heavy atom. The Morgan fingerprint density at radius 3 is 2.77 bits per heavy atom. The Morgan fingerprint density at radius 2 is 2.04 bits per heavy atom. The number of carbonyl (C=O) groups is 3. The van der Waals surface area contributed by atoms with Gasteiger partial charge in [0.2, 0.25) is 5.91 Å². The molecule has 2 aliphatic heterocycles. The second-order valence-electron chi connectivity index (χ2n) is 6.91. The van der Waals surface area contributed by atoms with Crippen LogP contribution in [0.2, 0.25) is 0 Å². The van der Waals surface area contributed by atoms with E-state index in [1.165, 1.54) is 0 Å². The average Bonchev–Trinajstić information content (AvgIpc) is 2.81. The van der Waals surface area contributed by atoms with Crippen LogP contribution < -0.4 is 5.32 Å². The molecule has 3 rings (SSSR count). The first kappa shape index (κ1) is 18.8. The molecule has 1 unspecified atom stereocenters. The zero-order valence-electron chi connectivity index (χ0n) is 15.1. The number of esters is 1. The van der Waals surface area contributed by atoms with Crippen molar-refractivity contribution in [1.82, 2.24) is 4.90 Å². The minimum atomic E-state index is -0.821. The summed E-state index contributed by atoms with van der Waals surface area (Å²) in [4.78, 5) is 39.3. The SMILES string of the molecule is CC1CCN(C(=O)C(C)OC(=O)c2ccc3c(c2)NC(=O)CCS3)CC1. The molecule has 2 heterocycles. The number of carbonyl (C=O) groups excluding carboxylic acids is 3. The van der Waals surface area contributed by atoms with Crippen LogP contribution in [0.1, 0.15) is 43.5 Å². The molecule has 2 amide bonds. The molecule has 0 spiro atoms. The number of rotatable bonds is 3. The maximum atomic E-state index is 12.5. The normalized spacial score (nSPS) is 19.2. The summed E-state index contributed by atoms with van der Waals surface area (Å²) in [5.41, 5.74) is 0.953. The lowest BCUT2D eigenvalue weighted by Gasteiger charge is -2.31. The highest BCUT2D eigenvalue weighted by Crippen LogP contribution is 2.31. The molecule has 0 aromatic heterocycles. The fourth-order valence-electron chi connectivity index (χ4n) is 3.11. The summed E-state index contributed by atoms with van der Waals surface area (Å²) in [5.74, 6) is 0.573. The second kappa shape index (κ2) is 8.12. The van der Waals surface area contributed by atoms with Gasteiger partial charge < -0.3 is 15.0 Å². The van der Waals surface area contributed by atoms with Crippen molar-refractivity contribution in [2.24, 2.45) is 5.92 Å². The molecule has 1 aromatic carbocycles. The second-order valence-corrected chi connectivity index (χ2v) is 8.05. The smallest absolute Gasteiger partial charge is 0.338 e. The topological polar surface area (TPSA) is 75.7 Å². The van der Waals surface area contributed by atoms with Crippen molar-refractivity contribution < 1.29 is 19.1 Å². The van der Waals surface area contributed by atoms with Gasteiger partial charge in [-0.15, -0.1) is 11.8 Å². The minimum absolute atomic E-state index is 0.0651. The number of fused-ring (bicyclic) bond motifs is 1. The summed E-state index contributed by atoms with van der Waals surface area (Å²) >= 11 is 1.58. The third-order valence-electron chi connectivity index (χ3n) is 4.80. The number of nitrogens with zero attached hydrogens (tertiary/aromatic N) is 1. The van der Waals surface area contributed by atoms with Crippen LogP contribution in [0.3, 0.4) is 0 Å². The zero-order valence-corrected chi connectivity index (χ0v) is 15.9. The first-order chi connectivity index (χ1) is 12.4. The predicted molar refractivity (Wildman–Crippen MR) is 100 cm³/mol. The van der Waals surface area contributed by atoms with E-state index in [0.717, 1.165) is 17.7 Å². The molecule has 26 heavy (non-hydrogen) atoms. The van der Waals surface area contributed by atoms with E-state index in [0.29, 0.717) is 42.4 Å². The van der Waals surface area contributed by atoms with E-state index in [2.05, 4.69) is 12.2 Å². The Kier molecular flexibility index (Phi) is 5.86. The summed E-state index contributed by atoms with van der Waals surface area (Å²) in [5, 5.41) is 2.81. The molecule has 1 saturated heterocycles. The highest BCUT2D eigenvalue weighted by atomic mass is 32.2. The van der Waals surface area contributed by atoms with Crippen LogP contribution in [0.25, 0.3) is 0 Å². The number of thioether (sulfide) groups is 1. The van der Waals surface area contributed by atoms with Gasteiger partial charge in [-0.2, -0.15) is 0 Å². The Labute approximate surface area is 157 Å². The van der Waals surface area contributed by atoms with Crippen LogP contribution in [-0.4, -0.2) is 47.6 Å². The number of amides is 2. The number of hydrogen-bond acceptors (Lipinski definition) is 5. The van der Waals surface area contributed by atoms with Crippen molar-refractivity contribution in [2.45, 2.75) is 44.1 Å². The number of benzene rings is 1. The first-order valence-electron chi connectivity index (χ1n) is 9.00. The van der Waals surface area contributed by atoms with E-state index >= 15 is 0 Å². The van der Waals surface area contributed by atoms with Gasteiger partial charge in [0.1, 0.15) is 0 Å². The number of piperidine rings is 1. The van der Waals surface area contributed by atoms with Gasteiger partial charge in [0.15, 0.2) is 6.10 Å². The quantitative estimate of drug-likeness (QED) is 0.821. The standard InChI is InChI=1S/C19H24N2O4S/c1-12-5-8-21(9-6-12)18(23)13(2)25-19(24)14-3-4-16-15(11-14)20-17(22)7-10-26-16/h3-4,11-13H,5-10H2,1-2H3,(H,20,22). The number of likely N-dealkylation sites (tertiary alicyclic amines) is 1. The lowest BCUT2D eigenvalue weighted by Crippen LogP contribution is -2.44. The van der Waals surface area contributed by atoms with Crippen molar-refractivity contribution >= 4 is 35.2 Å². The number of hydrogen-bond donors (Lipinski definition) is 1. The number of nitrogens with one attached hydrogen (secondary N) is 1. The number of anilines is 1. The van der Waals surface area contributed by atoms with Crippen LogP contribution in [-0.2, 0) is 14.3 Å². The van der Waals surface area contributed by atoms with Crippen LogP contribution in [0.4, 0.5) is 5.69 Å². The molecule has 0 saturated carbocycles. The molecule has 140 valence electrons. The van der Waals surface area contributed by atoms with Gasteiger partial charge in [-0.3, -0.25) is 9.59 Å². The molecule has 0 radical (unpaired) electrons. The Hall–Kier alpha value is -2.02.